The number of aldehydes is 1. The minimum atomic E-state index is -4.41. The molecule has 0 aromatic heterocycles. The molecular formula is C9H6BrF3O2. The van der Waals surface area contributed by atoms with Crippen LogP contribution in [0.1, 0.15) is 10.4 Å². The van der Waals surface area contributed by atoms with Gasteiger partial charge in [-0.1, -0.05) is 15.9 Å². The van der Waals surface area contributed by atoms with E-state index in [0.29, 0.717) is 10.8 Å². The molecular weight excluding hydrogens is 277 g/mol. The zero-order valence-electron chi connectivity index (χ0n) is 7.34. The summed E-state index contributed by atoms with van der Waals surface area (Å²) in [7, 11) is 0. The van der Waals surface area contributed by atoms with Crippen molar-refractivity contribution < 1.29 is 22.7 Å². The van der Waals surface area contributed by atoms with Crippen LogP contribution >= 0.6 is 15.9 Å². The van der Waals surface area contributed by atoms with Gasteiger partial charge in [-0.15, -0.1) is 0 Å². The highest BCUT2D eigenvalue weighted by atomic mass is 79.9. The third-order valence-electron chi connectivity index (χ3n) is 1.49. The summed E-state index contributed by atoms with van der Waals surface area (Å²) < 4.78 is 40.6. The fourth-order valence-corrected chi connectivity index (χ4v) is 1.23. The van der Waals surface area contributed by atoms with Gasteiger partial charge >= 0.3 is 6.18 Å². The number of carbonyl (C=O) groups excluding carboxylic acids is 1. The predicted molar refractivity (Wildman–Crippen MR) is 51.1 cm³/mol. The van der Waals surface area contributed by atoms with Gasteiger partial charge in [0.2, 0.25) is 0 Å². The summed E-state index contributed by atoms with van der Waals surface area (Å²) in [6.07, 6.45) is -3.97. The van der Waals surface area contributed by atoms with Crippen LogP contribution in [0, 0.1) is 0 Å². The molecule has 0 atom stereocenters. The molecule has 0 bridgehead atoms. The van der Waals surface area contributed by atoms with Gasteiger partial charge in [0.05, 0.1) is 5.56 Å². The summed E-state index contributed by atoms with van der Waals surface area (Å²) in [6.45, 7) is -1.41. The molecule has 2 nitrogen and oxygen atoms in total. The van der Waals surface area contributed by atoms with Gasteiger partial charge in [0.25, 0.3) is 0 Å². The summed E-state index contributed by atoms with van der Waals surface area (Å²) in [5, 5.41) is 0. The van der Waals surface area contributed by atoms with Gasteiger partial charge in [-0.2, -0.15) is 13.2 Å². The smallest absolute Gasteiger partial charge is 0.422 e. The zero-order valence-corrected chi connectivity index (χ0v) is 8.93. The SMILES string of the molecule is O=Cc1ccc(Br)cc1OCC(F)(F)F. The van der Waals surface area contributed by atoms with Crippen LogP contribution in [0.15, 0.2) is 22.7 Å². The van der Waals surface area contributed by atoms with Crippen molar-refractivity contribution in [2.24, 2.45) is 0 Å². The highest BCUT2D eigenvalue weighted by Gasteiger charge is 2.28. The Morgan fingerprint density at radius 3 is 2.60 bits per heavy atom. The lowest BCUT2D eigenvalue weighted by Crippen LogP contribution is -2.19. The molecule has 15 heavy (non-hydrogen) atoms. The van der Waals surface area contributed by atoms with E-state index in [1.165, 1.54) is 12.1 Å². The molecule has 0 fully saturated rings. The summed E-state index contributed by atoms with van der Waals surface area (Å²) in [6, 6.07) is 4.24. The molecule has 0 N–H and O–H groups in total. The number of halogens is 4. The normalized spacial score (nSPS) is 11.2. The minimum Gasteiger partial charge on any atom is -0.483 e. The lowest BCUT2D eigenvalue weighted by atomic mass is 10.2. The molecule has 0 unspecified atom stereocenters. The zero-order chi connectivity index (χ0) is 11.5. The Kier molecular flexibility index (Phi) is 3.73. The monoisotopic (exact) mass is 282 g/mol. The highest BCUT2D eigenvalue weighted by molar-refractivity contribution is 9.10. The number of ether oxygens (including phenoxy) is 1. The fourth-order valence-electron chi connectivity index (χ4n) is 0.890. The third-order valence-corrected chi connectivity index (χ3v) is 1.99. The van der Waals surface area contributed by atoms with Crippen LogP contribution in [-0.2, 0) is 0 Å². The molecule has 0 spiro atoms. The van der Waals surface area contributed by atoms with Gasteiger partial charge in [0, 0.05) is 4.47 Å². The molecule has 0 aliphatic carbocycles. The van der Waals surface area contributed by atoms with Gasteiger partial charge in [-0.05, 0) is 18.2 Å². The van der Waals surface area contributed by atoms with Crippen LogP contribution in [0.3, 0.4) is 0 Å². The molecule has 0 aliphatic rings. The number of benzene rings is 1. The Hall–Kier alpha value is -1.04. The van der Waals surface area contributed by atoms with Crippen LogP contribution in [0.5, 0.6) is 5.75 Å². The Morgan fingerprint density at radius 1 is 1.40 bits per heavy atom. The van der Waals surface area contributed by atoms with E-state index in [2.05, 4.69) is 20.7 Å². The van der Waals surface area contributed by atoms with E-state index in [1.807, 2.05) is 0 Å². The molecule has 6 heteroatoms. The van der Waals surface area contributed by atoms with Gasteiger partial charge < -0.3 is 4.74 Å². The first kappa shape index (κ1) is 12.0. The van der Waals surface area contributed by atoms with Gasteiger partial charge in [-0.3, -0.25) is 4.79 Å². The van der Waals surface area contributed by atoms with Crippen LogP contribution in [-0.4, -0.2) is 19.1 Å². The molecule has 0 amide bonds. The number of hydrogen-bond acceptors (Lipinski definition) is 2. The molecule has 0 saturated carbocycles. The highest BCUT2D eigenvalue weighted by Crippen LogP contribution is 2.24. The van der Waals surface area contributed by atoms with Crippen LogP contribution in [0.25, 0.3) is 0 Å². The van der Waals surface area contributed by atoms with Gasteiger partial charge in [0.15, 0.2) is 12.9 Å². The number of hydrogen-bond donors (Lipinski definition) is 0. The average molecular weight is 283 g/mol. The maximum absolute atomic E-state index is 11.9. The molecule has 82 valence electrons. The molecule has 0 saturated heterocycles. The van der Waals surface area contributed by atoms with E-state index in [4.69, 9.17) is 0 Å². The summed E-state index contributed by atoms with van der Waals surface area (Å²) in [5.41, 5.74) is 0.0856. The largest absolute Gasteiger partial charge is 0.483 e. The van der Waals surface area contributed by atoms with Crippen molar-refractivity contribution in [2.75, 3.05) is 6.61 Å². The van der Waals surface area contributed by atoms with E-state index in [1.54, 1.807) is 6.07 Å². The second kappa shape index (κ2) is 4.65. The van der Waals surface area contributed by atoms with E-state index < -0.39 is 12.8 Å². The van der Waals surface area contributed by atoms with Crippen molar-refractivity contribution >= 4 is 22.2 Å². The van der Waals surface area contributed by atoms with Crippen LogP contribution in [0.2, 0.25) is 0 Å². The quantitative estimate of drug-likeness (QED) is 0.796. The molecule has 0 aliphatic heterocycles. The minimum absolute atomic E-state index is 0.0856. The topological polar surface area (TPSA) is 26.3 Å². The van der Waals surface area contributed by atoms with Gasteiger partial charge in [0.1, 0.15) is 5.75 Å². The summed E-state index contributed by atoms with van der Waals surface area (Å²) in [4.78, 5) is 10.5. The maximum atomic E-state index is 11.9. The third kappa shape index (κ3) is 3.91. The van der Waals surface area contributed by atoms with Crippen LogP contribution in [0.4, 0.5) is 13.2 Å². The van der Waals surface area contributed by atoms with Gasteiger partial charge in [-0.25, -0.2) is 0 Å². The summed E-state index contributed by atoms with van der Waals surface area (Å²) in [5.74, 6) is -0.0864. The number of alkyl halides is 3. The van der Waals surface area contributed by atoms with Crippen molar-refractivity contribution in [1.29, 1.82) is 0 Å². The van der Waals surface area contributed by atoms with Crippen molar-refractivity contribution in [3.05, 3.63) is 28.2 Å². The molecule has 1 aromatic carbocycles. The Morgan fingerprint density at radius 2 is 2.07 bits per heavy atom. The molecule has 1 rings (SSSR count). The van der Waals surface area contributed by atoms with E-state index in [-0.39, 0.29) is 11.3 Å². The first-order chi connectivity index (χ1) is 6.92. The predicted octanol–water partition coefficient (Wildman–Crippen LogP) is 3.20. The maximum Gasteiger partial charge on any atom is 0.422 e. The average Bonchev–Trinajstić information content (AvgIpc) is 2.14. The summed E-state index contributed by atoms with van der Waals surface area (Å²) >= 11 is 3.07. The second-order valence-corrected chi connectivity index (χ2v) is 3.62. The Labute approximate surface area is 92.2 Å². The molecule has 0 heterocycles. The van der Waals surface area contributed by atoms with Crippen molar-refractivity contribution in [3.8, 4) is 5.75 Å². The van der Waals surface area contributed by atoms with E-state index in [9.17, 15) is 18.0 Å². The van der Waals surface area contributed by atoms with E-state index >= 15 is 0 Å². The Balaban J connectivity index is 2.83. The van der Waals surface area contributed by atoms with E-state index in [0.717, 1.165) is 0 Å². The molecule has 1 aromatic rings. The van der Waals surface area contributed by atoms with Crippen LogP contribution < -0.4 is 4.74 Å². The van der Waals surface area contributed by atoms with Crippen molar-refractivity contribution in [1.82, 2.24) is 0 Å². The fraction of sp³-hybridized carbons (Fsp3) is 0.222. The lowest BCUT2D eigenvalue weighted by Gasteiger charge is -2.10. The molecule has 0 radical (unpaired) electrons. The van der Waals surface area contributed by atoms with Crippen molar-refractivity contribution in [2.45, 2.75) is 6.18 Å². The first-order valence-corrected chi connectivity index (χ1v) is 4.66. The second-order valence-electron chi connectivity index (χ2n) is 2.70. The van der Waals surface area contributed by atoms with Crippen molar-refractivity contribution in [3.63, 3.8) is 0 Å². The number of rotatable bonds is 3. The lowest BCUT2D eigenvalue weighted by molar-refractivity contribution is -0.153. The first-order valence-electron chi connectivity index (χ1n) is 3.86. The Bertz CT molecular complexity index is 363. The standard InChI is InChI=1S/C9H6BrF3O2/c10-7-2-1-6(4-14)8(3-7)15-5-9(11,12)13/h1-4H,5H2. The number of carbonyl (C=O) groups is 1.